The Bertz CT molecular complexity index is 1830. The van der Waals surface area contributed by atoms with Crippen molar-refractivity contribution in [1.29, 1.82) is 0 Å². The van der Waals surface area contributed by atoms with Crippen LogP contribution in [0.25, 0.3) is 0 Å². The molecule has 9 unspecified atom stereocenters. The van der Waals surface area contributed by atoms with Crippen molar-refractivity contribution in [3.05, 3.63) is 46.5 Å². The Hall–Kier alpha value is -4.56. The lowest BCUT2D eigenvalue weighted by molar-refractivity contribution is -0.158. The Morgan fingerprint density at radius 1 is 1.21 bits per heavy atom. The van der Waals surface area contributed by atoms with Gasteiger partial charge in [-0.3, -0.25) is 14.9 Å². The fourth-order valence-corrected chi connectivity index (χ4v) is 7.93. The van der Waals surface area contributed by atoms with E-state index in [2.05, 4.69) is 10.6 Å². The molecule has 3 heterocycles. The number of thioether (sulfide) groups is 1. The highest BCUT2D eigenvalue weighted by molar-refractivity contribution is 8.00. The van der Waals surface area contributed by atoms with Gasteiger partial charge in [0, 0.05) is 39.3 Å². The number of aliphatic hydroxyl groups is 1. The maximum Gasteiger partial charge on any atom is 0.409 e. The number of likely N-dealkylation sites (N-methyl/N-ethyl adjacent to an activating group) is 1. The summed E-state index contributed by atoms with van der Waals surface area (Å²) in [7, 11) is 5.58. The molecule has 0 radical (unpaired) electrons. The van der Waals surface area contributed by atoms with Crippen LogP contribution in [0.15, 0.2) is 35.9 Å². The minimum Gasteiger partial charge on any atom is -0.495 e. The number of ether oxygens (including phenoxy) is 5. The van der Waals surface area contributed by atoms with Crippen LogP contribution < -0.4 is 20.3 Å². The molecule has 18 nitrogen and oxygen atoms in total. The number of carbonyl (C=O) groups excluding carboxylic acids is 4. The Morgan fingerprint density at radius 2 is 1.90 bits per heavy atom. The lowest BCUT2D eigenvalue weighted by Crippen LogP contribution is -2.63. The molecule has 2 saturated heterocycles. The van der Waals surface area contributed by atoms with Crippen molar-refractivity contribution in [2.45, 2.75) is 94.8 Å². The van der Waals surface area contributed by atoms with Crippen molar-refractivity contribution in [3.8, 4) is 5.75 Å². The average Bonchev–Trinajstić information content (AvgIpc) is 3.85. The first kappa shape index (κ1) is 46.1. The highest BCUT2D eigenvalue weighted by atomic mass is 35.5. The zero-order chi connectivity index (χ0) is 43.3. The third-order valence-electron chi connectivity index (χ3n) is 10.6. The fourth-order valence-electron chi connectivity index (χ4n) is 6.87. The van der Waals surface area contributed by atoms with Gasteiger partial charge in [-0.15, -0.1) is 11.8 Å². The lowest BCUT2D eigenvalue weighted by Gasteiger charge is -2.42. The number of nitrogens with zero attached hydrogens (tertiary/aromatic N) is 2. The Labute approximate surface area is 345 Å². The van der Waals surface area contributed by atoms with Crippen LogP contribution in [0.3, 0.4) is 0 Å². The number of carboxylic acids is 2. The van der Waals surface area contributed by atoms with Crippen molar-refractivity contribution in [2.24, 2.45) is 5.92 Å². The highest BCUT2D eigenvalue weighted by Gasteiger charge is 2.64. The van der Waals surface area contributed by atoms with Crippen molar-refractivity contribution < 1.29 is 67.8 Å². The predicted octanol–water partition coefficient (Wildman–Crippen LogP) is 2.97. The molecule has 320 valence electrons. The number of halogens is 1. The number of carboxylic acid groups (broad SMARTS) is 2. The lowest BCUT2D eigenvalue weighted by atomic mass is 9.83. The van der Waals surface area contributed by atoms with E-state index in [1.807, 2.05) is 13.0 Å². The molecule has 9 atom stereocenters. The summed E-state index contributed by atoms with van der Waals surface area (Å²) in [6.07, 6.45) is 0.0514. The van der Waals surface area contributed by atoms with E-state index >= 15 is 0 Å². The van der Waals surface area contributed by atoms with Gasteiger partial charge in [0.05, 0.1) is 31.1 Å². The first-order valence-corrected chi connectivity index (χ1v) is 19.8. The van der Waals surface area contributed by atoms with Gasteiger partial charge in [0.25, 0.3) is 0 Å². The SMILES string of the molecule is COc1cc2cc(c1Cl)N(C)C(=O)CC(OC(=O)C(C)N(C)C(=O)NC(CSCC(=O)O)C(=O)O)C1(C)OC1C(C)C1CC(O)(NC(=O)O1)C(OC)C=CC=C(C)C2. The summed E-state index contributed by atoms with van der Waals surface area (Å²) >= 11 is 7.53. The number of urea groups is 1. The second-order valence-corrected chi connectivity index (χ2v) is 16.2. The van der Waals surface area contributed by atoms with Gasteiger partial charge < -0.3 is 54.1 Å². The second kappa shape index (κ2) is 19.0. The third-order valence-corrected chi connectivity index (χ3v) is 12.0. The van der Waals surface area contributed by atoms with Crippen LogP contribution in [0.5, 0.6) is 5.75 Å². The predicted molar refractivity (Wildman–Crippen MR) is 211 cm³/mol. The van der Waals surface area contributed by atoms with Crippen molar-refractivity contribution in [1.82, 2.24) is 15.5 Å². The molecular formula is C38H51ClN4O14S. The number of anilines is 1. The number of rotatable bonds is 11. The number of nitrogens with one attached hydrogen (secondary N) is 2. The zero-order valence-electron chi connectivity index (χ0n) is 33.5. The minimum atomic E-state index is -1.90. The van der Waals surface area contributed by atoms with Gasteiger partial charge in [-0.05, 0) is 44.9 Å². The normalized spacial score (nSPS) is 28.4. The molecule has 3 aliphatic rings. The number of hydrogen-bond acceptors (Lipinski definition) is 13. The molecule has 4 rings (SSSR count). The van der Waals surface area contributed by atoms with Crippen LogP contribution in [0.4, 0.5) is 15.3 Å². The number of hydrogen-bond donors (Lipinski definition) is 5. The summed E-state index contributed by atoms with van der Waals surface area (Å²) in [5, 5.41) is 35.1. The Balaban J connectivity index is 1.70. The quantitative estimate of drug-likeness (QED) is 0.159. The summed E-state index contributed by atoms with van der Waals surface area (Å²) in [5.41, 5.74) is -1.32. The number of methoxy groups -OCH3 is 2. The van der Waals surface area contributed by atoms with E-state index in [1.54, 1.807) is 38.1 Å². The third kappa shape index (κ3) is 10.7. The highest BCUT2D eigenvalue weighted by Crippen LogP contribution is 2.49. The maximum absolute atomic E-state index is 14.2. The average molecular weight is 855 g/mol. The number of alkyl carbamates (subject to hydrolysis) is 1. The number of allylic oxidation sites excluding steroid dienone is 3. The van der Waals surface area contributed by atoms with E-state index in [4.69, 9.17) is 40.4 Å². The molecule has 1 aromatic carbocycles. The summed E-state index contributed by atoms with van der Waals surface area (Å²) < 4.78 is 29.0. The number of epoxide rings is 1. The van der Waals surface area contributed by atoms with Gasteiger partial charge in [-0.1, -0.05) is 42.3 Å². The summed E-state index contributed by atoms with van der Waals surface area (Å²) in [4.78, 5) is 78.9. The summed E-state index contributed by atoms with van der Waals surface area (Å²) in [5.74, 6) is -5.04. The summed E-state index contributed by atoms with van der Waals surface area (Å²) in [6.45, 7) is 6.57. The van der Waals surface area contributed by atoms with Crippen LogP contribution in [0.1, 0.15) is 46.1 Å². The van der Waals surface area contributed by atoms with Crippen LogP contribution in [0, 0.1) is 5.92 Å². The minimum absolute atomic E-state index is 0.124. The van der Waals surface area contributed by atoms with Crippen LogP contribution >= 0.6 is 23.4 Å². The maximum atomic E-state index is 14.2. The van der Waals surface area contributed by atoms with Crippen molar-refractivity contribution in [2.75, 3.05) is 44.7 Å². The number of amides is 4. The van der Waals surface area contributed by atoms with E-state index in [-0.39, 0.29) is 22.9 Å². The van der Waals surface area contributed by atoms with E-state index < -0.39 is 96.1 Å². The first-order valence-electron chi connectivity index (χ1n) is 18.3. The number of fused-ring (bicyclic) bond motifs is 5. The van der Waals surface area contributed by atoms with Crippen molar-refractivity contribution >= 4 is 65.0 Å². The molecule has 0 aliphatic carbocycles. The number of carbonyl (C=O) groups is 6. The number of aliphatic carboxylic acids is 2. The van der Waals surface area contributed by atoms with E-state index in [0.717, 1.165) is 27.8 Å². The van der Waals surface area contributed by atoms with E-state index in [9.17, 15) is 39.0 Å². The van der Waals surface area contributed by atoms with Gasteiger partial charge in [0.2, 0.25) is 5.91 Å². The van der Waals surface area contributed by atoms with Crippen LogP contribution in [-0.2, 0) is 44.5 Å². The largest absolute Gasteiger partial charge is 0.495 e. The van der Waals surface area contributed by atoms with Gasteiger partial charge >= 0.3 is 30.0 Å². The number of esters is 1. The Kier molecular flexibility index (Phi) is 15.1. The zero-order valence-corrected chi connectivity index (χ0v) is 35.0. The van der Waals surface area contributed by atoms with E-state index in [1.165, 1.54) is 40.1 Å². The van der Waals surface area contributed by atoms with E-state index in [0.29, 0.717) is 17.9 Å². The van der Waals surface area contributed by atoms with Crippen LogP contribution in [0.2, 0.25) is 5.02 Å². The fraction of sp³-hybridized carbons (Fsp3) is 0.579. The molecule has 0 aromatic heterocycles. The number of benzene rings is 1. The smallest absolute Gasteiger partial charge is 0.409 e. The molecule has 58 heavy (non-hydrogen) atoms. The van der Waals surface area contributed by atoms with Gasteiger partial charge in [0.1, 0.15) is 46.8 Å². The molecule has 5 N–H and O–H groups in total. The Morgan fingerprint density at radius 3 is 2.52 bits per heavy atom. The molecule has 0 saturated carbocycles. The molecule has 2 fully saturated rings. The van der Waals surface area contributed by atoms with Gasteiger partial charge in [0.15, 0.2) is 5.72 Å². The van der Waals surface area contributed by atoms with Gasteiger partial charge in [-0.25, -0.2) is 19.2 Å². The standard InChI is InChI=1S/C38H51ClN4O14S/c1-19-10-9-11-27(54-8)38(52)16-26(55-36(51)41-38)20(2)32-37(4,57-32)28(15-29(44)43(6)24-13-22(12-19)14-25(53-7)31(24)39)56-34(49)21(3)42(5)35(50)40-23(33(47)48)17-58-18-30(45)46/h9-11,13-14,20-21,23,26-28,32,52H,12,15-18H2,1-8H3,(H,40,50)(H,41,51)(H,45,46)(H,47,48). The van der Waals surface area contributed by atoms with Gasteiger partial charge in [-0.2, -0.15) is 0 Å². The molecule has 20 heteroatoms. The first-order chi connectivity index (χ1) is 27.1. The molecular weight excluding hydrogens is 804 g/mol. The molecule has 4 amide bonds. The van der Waals surface area contributed by atoms with Crippen LogP contribution in [-0.4, -0.2) is 144 Å². The summed E-state index contributed by atoms with van der Waals surface area (Å²) in [6, 6.07) is -0.277. The molecule has 0 spiro atoms. The topological polar surface area (TPSA) is 243 Å². The second-order valence-electron chi connectivity index (χ2n) is 14.8. The van der Waals surface area contributed by atoms with Crippen molar-refractivity contribution in [3.63, 3.8) is 0 Å². The molecule has 3 aliphatic heterocycles. The monoisotopic (exact) mass is 854 g/mol. The molecule has 4 bridgehead atoms. The molecule has 1 aromatic rings.